The van der Waals surface area contributed by atoms with Crippen LogP contribution >= 0.6 is 0 Å². The molecule has 20 heavy (non-hydrogen) atoms. The molecule has 1 aromatic carbocycles. The van der Waals surface area contributed by atoms with Crippen LogP contribution in [0.25, 0.3) is 0 Å². The van der Waals surface area contributed by atoms with Crippen LogP contribution in [0.3, 0.4) is 0 Å². The van der Waals surface area contributed by atoms with Gasteiger partial charge in [-0.1, -0.05) is 13.8 Å². The fraction of sp³-hybridized carbons (Fsp3) is 0.467. The Kier molecular flexibility index (Phi) is 4.05. The summed E-state index contributed by atoms with van der Waals surface area (Å²) in [5.41, 5.74) is 0.180. The average Bonchev–Trinajstić information content (AvgIpc) is 2.40. The molecule has 0 spiro atoms. The van der Waals surface area contributed by atoms with Crippen molar-refractivity contribution < 1.29 is 9.18 Å². The number of anilines is 1. The monoisotopic (exact) mass is 275 g/mol. The Hall–Kier alpha value is -1.93. The van der Waals surface area contributed by atoms with Crippen LogP contribution in [0.5, 0.6) is 0 Å². The van der Waals surface area contributed by atoms with E-state index in [9.17, 15) is 9.18 Å². The number of nitrogens with zero attached hydrogens (tertiary/aromatic N) is 1. The molecular weight excluding hydrogens is 257 g/mol. The second-order valence-corrected chi connectivity index (χ2v) is 5.77. The van der Waals surface area contributed by atoms with Crippen molar-refractivity contribution in [1.29, 1.82) is 5.26 Å². The van der Waals surface area contributed by atoms with Gasteiger partial charge in [-0.25, -0.2) is 4.39 Å². The molecule has 1 unspecified atom stereocenters. The minimum atomic E-state index is -0.592. The molecule has 106 valence electrons. The van der Waals surface area contributed by atoms with Gasteiger partial charge in [-0.05, 0) is 43.0 Å². The van der Waals surface area contributed by atoms with Gasteiger partial charge in [0, 0.05) is 0 Å². The van der Waals surface area contributed by atoms with Crippen LogP contribution in [0.15, 0.2) is 18.2 Å². The van der Waals surface area contributed by atoms with Crippen LogP contribution in [-0.4, -0.2) is 18.5 Å². The maximum Gasteiger partial charge on any atom is 0.242 e. The van der Waals surface area contributed by atoms with E-state index in [-0.39, 0.29) is 28.6 Å². The van der Waals surface area contributed by atoms with Gasteiger partial charge in [-0.2, -0.15) is 5.26 Å². The maximum absolute atomic E-state index is 13.8. The Morgan fingerprint density at radius 2 is 2.30 bits per heavy atom. The molecule has 1 aliphatic rings. The number of rotatable bonds is 2. The topological polar surface area (TPSA) is 64.9 Å². The van der Waals surface area contributed by atoms with Crippen molar-refractivity contribution in [1.82, 2.24) is 5.32 Å². The summed E-state index contributed by atoms with van der Waals surface area (Å²) in [6.45, 7) is 4.84. The normalized spacial score (nSPS) is 21.0. The Labute approximate surface area is 118 Å². The third-order valence-electron chi connectivity index (χ3n) is 3.75. The quantitative estimate of drug-likeness (QED) is 0.871. The Bertz CT molecular complexity index is 563. The van der Waals surface area contributed by atoms with E-state index in [1.165, 1.54) is 12.1 Å². The lowest BCUT2D eigenvalue weighted by molar-refractivity contribution is -0.121. The first-order valence-corrected chi connectivity index (χ1v) is 6.68. The highest BCUT2D eigenvalue weighted by molar-refractivity contribution is 5.95. The maximum atomic E-state index is 13.8. The highest BCUT2D eigenvalue weighted by Gasteiger charge is 2.37. The Morgan fingerprint density at radius 3 is 2.90 bits per heavy atom. The number of hydrogen-bond acceptors (Lipinski definition) is 3. The zero-order chi connectivity index (χ0) is 14.8. The Morgan fingerprint density at radius 1 is 1.55 bits per heavy atom. The highest BCUT2D eigenvalue weighted by atomic mass is 19.1. The predicted molar refractivity (Wildman–Crippen MR) is 74.6 cm³/mol. The van der Waals surface area contributed by atoms with Crippen molar-refractivity contribution >= 4 is 11.6 Å². The van der Waals surface area contributed by atoms with E-state index in [2.05, 4.69) is 10.6 Å². The van der Waals surface area contributed by atoms with Crippen molar-refractivity contribution in [2.45, 2.75) is 32.7 Å². The Balaban J connectivity index is 2.14. The first-order valence-electron chi connectivity index (χ1n) is 6.68. The molecule has 1 amide bonds. The average molecular weight is 275 g/mol. The van der Waals surface area contributed by atoms with Crippen molar-refractivity contribution in [3.8, 4) is 6.07 Å². The molecule has 0 aromatic heterocycles. The molecule has 1 atom stereocenters. The van der Waals surface area contributed by atoms with Crippen molar-refractivity contribution in [2.75, 3.05) is 11.9 Å². The summed E-state index contributed by atoms with van der Waals surface area (Å²) in [6.07, 6.45) is 1.98. The van der Waals surface area contributed by atoms with Crippen LogP contribution in [0.2, 0.25) is 0 Å². The van der Waals surface area contributed by atoms with E-state index < -0.39 is 5.82 Å². The third-order valence-corrected chi connectivity index (χ3v) is 3.75. The molecule has 1 heterocycles. The molecule has 0 bridgehead atoms. The van der Waals surface area contributed by atoms with Gasteiger partial charge >= 0.3 is 0 Å². The van der Waals surface area contributed by atoms with Crippen LogP contribution in [0.1, 0.15) is 32.3 Å². The lowest BCUT2D eigenvalue weighted by Gasteiger charge is -2.38. The number of hydrogen-bond donors (Lipinski definition) is 2. The summed E-state index contributed by atoms with van der Waals surface area (Å²) < 4.78 is 13.8. The summed E-state index contributed by atoms with van der Waals surface area (Å²) in [6, 6.07) is 5.54. The zero-order valence-corrected chi connectivity index (χ0v) is 11.7. The first-order chi connectivity index (χ1) is 9.44. The van der Waals surface area contributed by atoms with Gasteiger partial charge in [0.25, 0.3) is 0 Å². The predicted octanol–water partition coefficient (Wildman–Crippen LogP) is 2.41. The van der Waals surface area contributed by atoms with Gasteiger partial charge in [0.05, 0.1) is 23.4 Å². The number of carbonyl (C=O) groups excluding carboxylic acids is 1. The second-order valence-electron chi connectivity index (χ2n) is 5.77. The minimum Gasteiger partial charge on any atom is -0.322 e. The number of nitriles is 1. The van der Waals surface area contributed by atoms with Crippen molar-refractivity contribution in [2.24, 2.45) is 5.41 Å². The van der Waals surface area contributed by atoms with Gasteiger partial charge in [-0.15, -0.1) is 0 Å². The number of nitrogens with one attached hydrogen (secondary N) is 2. The van der Waals surface area contributed by atoms with Crippen LogP contribution in [0, 0.1) is 22.6 Å². The summed E-state index contributed by atoms with van der Waals surface area (Å²) >= 11 is 0. The lowest BCUT2D eigenvalue weighted by atomic mass is 9.77. The molecule has 0 saturated carbocycles. The number of halogens is 1. The zero-order valence-electron chi connectivity index (χ0n) is 11.7. The number of benzene rings is 1. The van der Waals surface area contributed by atoms with Gasteiger partial charge in [0.15, 0.2) is 0 Å². The molecule has 2 N–H and O–H groups in total. The molecule has 1 fully saturated rings. The number of piperidine rings is 1. The minimum absolute atomic E-state index is 0.108. The molecule has 4 nitrogen and oxygen atoms in total. The fourth-order valence-corrected chi connectivity index (χ4v) is 2.55. The van der Waals surface area contributed by atoms with E-state index >= 15 is 0 Å². The number of carbonyl (C=O) groups is 1. The van der Waals surface area contributed by atoms with Gasteiger partial charge in [-0.3, -0.25) is 4.79 Å². The second kappa shape index (κ2) is 5.59. The molecule has 5 heteroatoms. The van der Waals surface area contributed by atoms with E-state index in [1.54, 1.807) is 0 Å². The SMILES string of the molecule is CC1(C)CCCNC1C(=O)Nc1ccc(C#N)cc1F. The van der Waals surface area contributed by atoms with Crippen molar-refractivity contribution in [3.63, 3.8) is 0 Å². The standard InChI is InChI=1S/C15H18FN3O/c1-15(2)6-3-7-18-13(15)14(20)19-12-5-4-10(9-17)8-11(12)16/h4-5,8,13,18H,3,6-7H2,1-2H3,(H,19,20). The summed E-state index contributed by atoms with van der Waals surface area (Å²) in [7, 11) is 0. The van der Waals surface area contributed by atoms with Gasteiger partial charge in [0.1, 0.15) is 5.82 Å². The summed E-state index contributed by atoms with van der Waals surface area (Å²) in [4.78, 5) is 12.3. The molecule has 1 saturated heterocycles. The summed E-state index contributed by atoms with van der Waals surface area (Å²) in [5, 5.41) is 14.5. The first kappa shape index (κ1) is 14.5. The van der Waals surface area contributed by atoms with Crippen LogP contribution < -0.4 is 10.6 Å². The van der Waals surface area contributed by atoms with E-state index in [1.807, 2.05) is 19.9 Å². The smallest absolute Gasteiger partial charge is 0.242 e. The molecule has 0 aliphatic carbocycles. The number of amides is 1. The summed E-state index contributed by atoms with van der Waals surface area (Å²) in [5.74, 6) is -0.829. The van der Waals surface area contributed by atoms with Crippen LogP contribution in [0.4, 0.5) is 10.1 Å². The van der Waals surface area contributed by atoms with E-state index in [0.29, 0.717) is 0 Å². The molecule has 2 rings (SSSR count). The van der Waals surface area contributed by atoms with Crippen LogP contribution in [-0.2, 0) is 4.79 Å². The third kappa shape index (κ3) is 2.97. The molecule has 1 aliphatic heterocycles. The molecule has 1 aromatic rings. The van der Waals surface area contributed by atoms with E-state index in [0.717, 1.165) is 25.5 Å². The van der Waals surface area contributed by atoms with Gasteiger partial charge < -0.3 is 10.6 Å². The lowest BCUT2D eigenvalue weighted by Crippen LogP contribution is -2.53. The molecule has 0 radical (unpaired) electrons. The fourth-order valence-electron chi connectivity index (χ4n) is 2.55. The largest absolute Gasteiger partial charge is 0.322 e. The highest BCUT2D eigenvalue weighted by Crippen LogP contribution is 2.31. The van der Waals surface area contributed by atoms with Gasteiger partial charge in [0.2, 0.25) is 5.91 Å². The van der Waals surface area contributed by atoms with Crippen molar-refractivity contribution in [3.05, 3.63) is 29.6 Å². The van der Waals surface area contributed by atoms with E-state index in [4.69, 9.17) is 5.26 Å². The molecular formula is C15H18FN3O.